The van der Waals surface area contributed by atoms with Crippen molar-refractivity contribution in [2.45, 2.75) is 5.16 Å². The molecule has 1 aliphatic heterocycles. The SMILES string of the molecule is O=c1c(/C=C/c2c(O)ccc3ccccc23)nnc2n1N=CCS2. The Labute approximate surface area is 141 Å². The summed E-state index contributed by atoms with van der Waals surface area (Å²) in [5, 5.41) is 24.6. The number of hydrogen-bond acceptors (Lipinski definition) is 6. The molecule has 3 aromatic rings. The van der Waals surface area contributed by atoms with E-state index in [4.69, 9.17) is 0 Å². The molecule has 118 valence electrons. The molecule has 0 radical (unpaired) electrons. The standard InChI is InChI=1S/C17H12N4O2S/c22-15-8-5-11-3-1-2-4-12(11)13(15)6-7-14-16(23)21-17(20-19-14)24-10-9-18-21/h1-9,22H,10H2/b7-6+. The first kappa shape index (κ1) is 14.6. The van der Waals surface area contributed by atoms with Gasteiger partial charge in [0.25, 0.3) is 0 Å². The van der Waals surface area contributed by atoms with E-state index in [0.29, 0.717) is 16.5 Å². The van der Waals surface area contributed by atoms with Crippen LogP contribution in [-0.4, -0.2) is 31.9 Å². The lowest BCUT2D eigenvalue weighted by Crippen LogP contribution is -2.25. The van der Waals surface area contributed by atoms with E-state index in [2.05, 4.69) is 15.3 Å². The number of aromatic hydroxyl groups is 1. The monoisotopic (exact) mass is 336 g/mol. The second kappa shape index (κ2) is 5.93. The quantitative estimate of drug-likeness (QED) is 0.778. The third kappa shape index (κ3) is 2.48. The van der Waals surface area contributed by atoms with Crippen LogP contribution in [0.3, 0.4) is 0 Å². The van der Waals surface area contributed by atoms with Crippen molar-refractivity contribution >= 4 is 40.9 Å². The number of benzene rings is 2. The van der Waals surface area contributed by atoms with Gasteiger partial charge in [0, 0.05) is 17.5 Å². The van der Waals surface area contributed by atoms with E-state index in [1.807, 2.05) is 30.3 Å². The second-order valence-electron chi connectivity index (χ2n) is 5.15. The predicted molar refractivity (Wildman–Crippen MR) is 95.4 cm³/mol. The summed E-state index contributed by atoms with van der Waals surface area (Å²) in [5.41, 5.74) is 0.472. The zero-order chi connectivity index (χ0) is 16.5. The van der Waals surface area contributed by atoms with Gasteiger partial charge in [-0.3, -0.25) is 4.79 Å². The number of nitrogens with zero attached hydrogens (tertiary/aromatic N) is 4. The van der Waals surface area contributed by atoms with Crippen molar-refractivity contribution in [3.8, 4) is 5.75 Å². The van der Waals surface area contributed by atoms with Crippen molar-refractivity contribution in [1.82, 2.24) is 14.9 Å². The lowest BCUT2D eigenvalue weighted by Gasteiger charge is -2.08. The molecule has 24 heavy (non-hydrogen) atoms. The van der Waals surface area contributed by atoms with Crippen molar-refractivity contribution < 1.29 is 5.11 Å². The molecule has 1 aliphatic rings. The molecule has 0 bridgehead atoms. The van der Waals surface area contributed by atoms with Gasteiger partial charge in [-0.25, -0.2) is 0 Å². The summed E-state index contributed by atoms with van der Waals surface area (Å²) >= 11 is 1.41. The number of fused-ring (bicyclic) bond motifs is 2. The molecule has 0 spiro atoms. The predicted octanol–water partition coefficient (Wildman–Crippen LogP) is 2.61. The van der Waals surface area contributed by atoms with E-state index in [0.717, 1.165) is 10.8 Å². The number of rotatable bonds is 2. The summed E-state index contributed by atoms with van der Waals surface area (Å²) in [6.45, 7) is 0. The van der Waals surface area contributed by atoms with Crippen LogP contribution in [0.5, 0.6) is 5.75 Å². The van der Waals surface area contributed by atoms with Gasteiger partial charge in [-0.2, -0.15) is 9.78 Å². The fourth-order valence-electron chi connectivity index (χ4n) is 2.52. The lowest BCUT2D eigenvalue weighted by molar-refractivity contribution is 0.475. The lowest BCUT2D eigenvalue weighted by atomic mass is 10.0. The minimum atomic E-state index is -0.334. The van der Waals surface area contributed by atoms with Gasteiger partial charge in [0.2, 0.25) is 5.16 Å². The zero-order valence-electron chi connectivity index (χ0n) is 12.5. The minimum absolute atomic E-state index is 0.143. The number of aromatic nitrogens is 3. The average molecular weight is 336 g/mol. The first-order valence-corrected chi connectivity index (χ1v) is 8.27. The Kier molecular flexibility index (Phi) is 3.62. The van der Waals surface area contributed by atoms with Crippen molar-refractivity contribution in [3.63, 3.8) is 0 Å². The molecule has 7 heteroatoms. The number of phenols is 1. The number of hydrogen-bond donors (Lipinski definition) is 1. The van der Waals surface area contributed by atoms with Gasteiger partial charge in [0.1, 0.15) is 5.75 Å². The Morgan fingerprint density at radius 2 is 2.00 bits per heavy atom. The van der Waals surface area contributed by atoms with Crippen LogP contribution in [0.4, 0.5) is 0 Å². The van der Waals surface area contributed by atoms with E-state index >= 15 is 0 Å². The third-order valence-corrected chi connectivity index (χ3v) is 4.50. The zero-order valence-corrected chi connectivity index (χ0v) is 13.3. The molecular weight excluding hydrogens is 324 g/mol. The molecule has 0 atom stereocenters. The summed E-state index contributed by atoms with van der Waals surface area (Å²) < 4.78 is 1.24. The van der Waals surface area contributed by atoms with Gasteiger partial charge in [0.15, 0.2) is 5.69 Å². The molecule has 0 unspecified atom stereocenters. The van der Waals surface area contributed by atoms with E-state index in [9.17, 15) is 9.90 Å². The maximum atomic E-state index is 12.4. The molecule has 1 N–H and O–H groups in total. The Hall–Kier alpha value is -2.93. The van der Waals surface area contributed by atoms with Crippen molar-refractivity contribution in [2.24, 2.45) is 5.10 Å². The Morgan fingerprint density at radius 1 is 1.12 bits per heavy atom. The van der Waals surface area contributed by atoms with Crippen molar-refractivity contribution in [1.29, 1.82) is 0 Å². The Morgan fingerprint density at radius 3 is 2.92 bits per heavy atom. The van der Waals surface area contributed by atoms with Gasteiger partial charge < -0.3 is 5.11 Å². The van der Waals surface area contributed by atoms with Crippen molar-refractivity contribution in [3.05, 3.63) is 58.0 Å². The molecule has 0 saturated carbocycles. The van der Waals surface area contributed by atoms with Gasteiger partial charge in [-0.05, 0) is 29.0 Å². The molecule has 0 aliphatic carbocycles. The van der Waals surface area contributed by atoms with Gasteiger partial charge in [-0.15, -0.1) is 10.2 Å². The second-order valence-corrected chi connectivity index (χ2v) is 6.13. The fraction of sp³-hybridized carbons (Fsp3) is 0.0588. The van der Waals surface area contributed by atoms with Crippen molar-refractivity contribution in [2.75, 3.05) is 5.75 Å². The number of phenolic OH excluding ortho intramolecular Hbond substituents is 1. The van der Waals surface area contributed by atoms with Crippen LogP contribution in [0, 0.1) is 0 Å². The largest absolute Gasteiger partial charge is 0.507 e. The highest BCUT2D eigenvalue weighted by molar-refractivity contribution is 7.99. The fourth-order valence-corrected chi connectivity index (χ4v) is 3.16. The van der Waals surface area contributed by atoms with E-state index in [-0.39, 0.29) is 17.0 Å². The maximum Gasteiger partial charge on any atom is 0.301 e. The Bertz CT molecular complexity index is 1060. The van der Waals surface area contributed by atoms with E-state index < -0.39 is 0 Å². The van der Waals surface area contributed by atoms with E-state index in [1.54, 1.807) is 24.4 Å². The van der Waals surface area contributed by atoms with Crippen LogP contribution in [0.25, 0.3) is 22.9 Å². The van der Waals surface area contributed by atoms with Gasteiger partial charge >= 0.3 is 5.56 Å². The average Bonchev–Trinajstić information content (AvgIpc) is 2.62. The van der Waals surface area contributed by atoms with Gasteiger partial charge in [-0.1, -0.05) is 42.1 Å². The highest BCUT2D eigenvalue weighted by atomic mass is 32.2. The molecule has 2 heterocycles. The van der Waals surface area contributed by atoms with Crippen LogP contribution in [0.15, 0.2) is 51.5 Å². The van der Waals surface area contributed by atoms with Crippen LogP contribution in [0.2, 0.25) is 0 Å². The molecule has 0 fully saturated rings. The molecule has 0 saturated heterocycles. The summed E-state index contributed by atoms with van der Waals surface area (Å²) in [6, 6.07) is 11.2. The smallest absolute Gasteiger partial charge is 0.301 e. The maximum absolute atomic E-state index is 12.4. The normalized spacial score (nSPS) is 13.5. The summed E-state index contributed by atoms with van der Waals surface area (Å²) in [5.74, 6) is 0.817. The molecule has 4 rings (SSSR count). The molecule has 1 aromatic heterocycles. The first-order chi connectivity index (χ1) is 11.7. The third-order valence-electron chi connectivity index (χ3n) is 3.68. The topological polar surface area (TPSA) is 80.4 Å². The van der Waals surface area contributed by atoms with Crippen LogP contribution >= 0.6 is 11.8 Å². The number of thioether (sulfide) groups is 1. The van der Waals surface area contributed by atoms with Crippen LogP contribution in [-0.2, 0) is 0 Å². The van der Waals surface area contributed by atoms with Gasteiger partial charge in [0.05, 0.1) is 0 Å². The first-order valence-electron chi connectivity index (χ1n) is 7.28. The summed E-state index contributed by atoms with van der Waals surface area (Å²) in [4.78, 5) is 12.4. The molecule has 6 nitrogen and oxygen atoms in total. The minimum Gasteiger partial charge on any atom is -0.507 e. The van der Waals surface area contributed by atoms with E-state index in [1.165, 1.54) is 16.4 Å². The van der Waals surface area contributed by atoms with Crippen LogP contribution < -0.4 is 5.56 Å². The Balaban J connectivity index is 1.81. The molecular formula is C17H12N4O2S. The highest BCUT2D eigenvalue weighted by Gasteiger charge is 2.13. The summed E-state index contributed by atoms with van der Waals surface area (Å²) in [7, 11) is 0. The van der Waals surface area contributed by atoms with Crippen LogP contribution in [0.1, 0.15) is 11.3 Å². The molecule has 2 aromatic carbocycles. The summed E-state index contributed by atoms with van der Waals surface area (Å²) in [6.07, 6.45) is 4.89. The highest BCUT2D eigenvalue weighted by Crippen LogP contribution is 2.28. The molecule has 0 amide bonds.